The highest BCUT2D eigenvalue weighted by atomic mass is 16.7. The molecule has 0 amide bonds. The molecule has 1 saturated heterocycles. The van der Waals surface area contributed by atoms with E-state index in [2.05, 4.69) is 0 Å². The molecule has 4 nitrogen and oxygen atoms in total. The highest BCUT2D eigenvalue weighted by Gasteiger charge is 2.40. The Labute approximate surface area is 104 Å². The summed E-state index contributed by atoms with van der Waals surface area (Å²) in [6.45, 7) is 5.92. The van der Waals surface area contributed by atoms with Gasteiger partial charge in [-0.2, -0.15) is 0 Å². The van der Waals surface area contributed by atoms with Crippen LogP contribution in [0.2, 0.25) is 0 Å². The van der Waals surface area contributed by atoms with Crippen molar-refractivity contribution in [1.82, 2.24) is 0 Å². The van der Waals surface area contributed by atoms with Gasteiger partial charge < -0.3 is 18.9 Å². The van der Waals surface area contributed by atoms with Crippen LogP contribution in [0.25, 0.3) is 0 Å². The Balaban J connectivity index is 1.56. The molecule has 17 heavy (non-hydrogen) atoms. The normalized spacial score (nSPS) is 24.5. The van der Waals surface area contributed by atoms with Crippen LogP contribution in [0.1, 0.15) is 39.0 Å². The maximum absolute atomic E-state index is 5.84. The molecule has 0 aromatic carbocycles. The Kier molecular flexibility index (Phi) is 5.22. The predicted octanol–water partition coefficient (Wildman–Crippen LogP) is 2.12. The molecule has 2 rings (SSSR count). The average Bonchev–Trinajstić information content (AvgIpc) is 2.80. The van der Waals surface area contributed by atoms with Crippen LogP contribution in [0, 0.1) is 0 Å². The van der Waals surface area contributed by atoms with Crippen molar-refractivity contribution in [2.45, 2.75) is 50.9 Å². The molecule has 0 N–H and O–H groups in total. The third-order valence-electron chi connectivity index (χ3n) is 3.50. The van der Waals surface area contributed by atoms with Gasteiger partial charge in [0.25, 0.3) is 0 Å². The van der Waals surface area contributed by atoms with Crippen molar-refractivity contribution in [3.63, 3.8) is 0 Å². The second kappa shape index (κ2) is 6.69. The molecule has 1 aliphatic carbocycles. The molecule has 1 aliphatic heterocycles. The van der Waals surface area contributed by atoms with Gasteiger partial charge in [-0.05, 0) is 26.2 Å². The van der Waals surface area contributed by atoms with E-state index >= 15 is 0 Å². The number of hydrogen-bond acceptors (Lipinski definition) is 4. The van der Waals surface area contributed by atoms with E-state index in [9.17, 15) is 0 Å². The highest BCUT2D eigenvalue weighted by molar-refractivity contribution is 4.82. The van der Waals surface area contributed by atoms with Crippen LogP contribution in [-0.4, -0.2) is 44.9 Å². The monoisotopic (exact) mass is 244 g/mol. The molecule has 1 heterocycles. The van der Waals surface area contributed by atoms with E-state index in [1.165, 1.54) is 0 Å². The molecule has 0 atom stereocenters. The molecule has 2 fully saturated rings. The molecule has 4 heteroatoms. The predicted molar refractivity (Wildman–Crippen MR) is 64.0 cm³/mol. The summed E-state index contributed by atoms with van der Waals surface area (Å²) in [5.74, 6) is -0.259. The van der Waals surface area contributed by atoms with E-state index in [1.54, 1.807) is 0 Å². The standard InChI is InChI=1S/C13H24O4/c1-2-14-8-3-9-15-12-4-6-13(7-5-12)16-10-11-17-13/h12H,2-11H2,1H3. The van der Waals surface area contributed by atoms with Crippen LogP contribution in [0.3, 0.4) is 0 Å². The fourth-order valence-corrected chi connectivity index (χ4v) is 2.54. The molecule has 0 radical (unpaired) electrons. The van der Waals surface area contributed by atoms with Crippen LogP contribution in [0.4, 0.5) is 0 Å². The third-order valence-corrected chi connectivity index (χ3v) is 3.50. The quantitative estimate of drug-likeness (QED) is 0.671. The van der Waals surface area contributed by atoms with Gasteiger partial charge >= 0.3 is 0 Å². The van der Waals surface area contributed by atoms with E-state index in [4.69, 9.17) is 18.9 Å². The minimum absolute atomic E-state index is 0.259. The van der Waals surface area contributed by atoms with Crippen molar-refractivity contribution >= 4 is 0 Å². The van der Waals surface area contributed by atoms with E-state index in [-0.39, 0.29) is 5.79 Å². The van der Waals surface area contributed by atoms with Crippen molar-refractivity contribution in [3.8, 4) is 0 Å². The van der Waals surface area contributed by atoms with Crippen molar-refractivity contribution in [2.24, 2.45) is 0 Å². The summed E-state index contributed by atoms with van der Waals surface area (Å²) in [6.07, 6.45) is 5.42. The minimum Gasteiger partial charge on any atom is -0.382 e. The number of hydrogen-bond donors (Lipinski definition) is 0. The molecule has 100 valence electrons. The SMILES string of the molecule is CCOCCCOC1CCC2(CC1)OCCO2. The molecular formula is C13H24O4. The lowest BCUT2D eigenvalue weighted by Gasteiger charge is -2.35. The van der Waals surface area contributed by atoms with Crippen LogP contribution in [0.15, 0.2) is 0 Å². The number of rotatable bonds is 6. The van der Waals surface area contributed by atoms with Gasteiger partial charge in [-0.3, -0.25) is 0 Å². The Bertz CT molecular complexity index is 203. The van der Waals surface area contributed by atoms with E-state index < -0.39 is 0 Å². The first kappa shape index (κ1) is 13.3. The maximum atomic E-state index is 5.84. The molecular weight excluding hydrogens is 220 g/mol. The van der Waals surface area contributed by atoms with Gasteiger partial charge in [0.15, 0.2) is 5.79 Å². The van der Waals surface area contributed by atoms with Gasteiger partial charge in [-0.25, -0.2) is 0 Å². The summed E-state index contributed by atoms with van der Waals surface area (Å²) in [4.78, 5) is 0. The minimum atomic E-state index is -0.259. The van der Waals surface area contributed by atoms with Crippen LogP contribution >= 0.6 is 0 Å². The zero-order valence-corrected chi connectivity index (χ0v) is 10.8. The largest absolute Gasteiger partial charge is 0.382 e. The Morgan fingerprint density at radius 3 is 2.47 bits per heavy atom. The van der Waals surface area contributed by atoms with Gasteiger partial charge in [0.1, 0.15) is 0 Å². The van der Waals surface area contributed by atoms with Gasteiger partial charge in [0.2, 0.25) is 0 Å². The van der Waals surface area contributed by atoms with Crippen molar-refractivity contribution in [1.29, 1.82) is 0 Å². The van der Waals surface area contributed by atoms with Gasteiger partial charge in [-0.1, -0.05) is 0 Å². The Hall–Kier alpha value is -0.160. The van der Waals surface area contributed by atoms with Crippen LogP contribution in [0.5, 0.6) is 0 Å². The summed E-state index contributed by atoms with van der Waals surface area (Å²) in [6, 6.07) is 0. The summed E-state index contributed by atoms with van der Waals surface area (Å²) in [7, 11) is 0. The highest BCUT2D eigenvalue weighted by Crippen LogP contribution is 2.36. The average molecular weight is 244 g/mol. The number of ether oxygens (including phenoxy) is 4. The smallest absolute Gasteiger partial charge is 0.168 e. The molecule has 0 aromatic rings. The first-order valence-corrected chi connectivity index (χ1v) is 6.82. The van der Waals surface area contributed by atoms with Crippen LogP contribution in [-0.2, 0) is 18.9 Å². The van der Waals surface area contributed by atoms with Crippen molar-refractivity contribution in [2.75, 3.05) is 33.0 Å². The lowest BCUT2D eigenvalue weighted by atomic mass is 9.92. The second-order valence-corrected chi connectivity index (χ2v) is 4.73. The van der Waals surface area contributed by atoms with E-state index in [1.807, 2.05) is 6.92 Å². The maximum Gasteiger partial charge on any atom is 0.168 e. The summed E-state index contributed by atoms with van der Waals surface area (Å²) in [5.41, 5.74) is 0. The van der Waals surface area contributed by atoms with Gasteiger partial charge in [-0.15, -0.1) is 0 Å². The van der Waals surface area contributed by atoms with Crippen molar-refractivity contribution in [3.05, 3.63) is 0 Å². The Morgan fingerprint density at radius 1 is 1.12 bits per heavy atom. The Morgan fingerprint density at radius 2 is 1.82 bits per heavy atom. The molecule has 0 aromatic heterocycles. The summed E-state index contributed by atoms with van der Waals surface area (Å²) in [5, 5.41) is 0. The van der Waals surface area contributed by atoms with Gasteiger partial charge in [0, 0.05) is 32.7 Å². The lowest BCUT2D eigenvalue weighted by molar-refractivity contribution is -0.191. The fourth-order valence-electron chi connectivity index (χ4n) is 2.54. The summed E-state index contributed by atoms with van der Waals surface area (Å²) >= 11 is 0. The molecule has 1 spiro atoms. The first-order valence-electron chi connectivity index (χ1n) is 6.82. The van der Waals surface area contributed by atoms with Gasteiger partial charge in [0.05, 0.1) is 19.3 Å². The summed E-state index contributed by atoms with van der Waals surface area (Å²) < 4.78 is 22.5. The molecule has 0 bridgehead atoms. The van der Waals surface area contributed by atoms with E-state index in [0.29, 0.717) is 6.10 Å². The molecule has 1 saturated carbocycles. The van der Waals surface area contributed by atoms with Crippen molar-refractivity contribution < 1.29 is 18.9 Å². The topological polar surface area (TPSA) is 36.9 Å². The zero-order valence-electron chi connectivity index (χ0n) is 10.8. The first-order chi connectivity index (χ1) is 8.35. The molecule has 0 unspecified atom stereocenters. The van der Waals surface area contributed by atoms with E-state index in [0.717, 1.165) is 65.1 Å². The second-order valence-electron chi connectivity index (χ2n) is 4.73. The zero-order chi connectivity index (χ0) is 12.0. The third kappa shape index (κ3) is 3.91. The lowest BCUT2D eigenvalue weighted by Crippen LogP contribution is -2.37. The molecule has 2 aliphatic rings. The fraction of sp³-hybridized carbons (Fsp3) is 1.00. The van der Waals surface area contributed by atoms with Crippen LogP contribution < -0.4 is 0 Å².